The minimum Gasteiger partial charge on any atom is -0.768 e. The Bertz CT molecular complexity index is 410. The molecule has 0 aliphatic heterocycles. The van der Waals surface area contributed by atoms with Gasteiger partial charge in [-0.3, -0.25) is 4.21 Å². The van der Waals surface area contributed by atoms with Crippen molar-refractivity contribution in [2.45, 2.75) is 11.8 Å². The molecule has 82 valence electrons. The molecule has 0 saturated carbocycles. The van der Waals surface area contributed by atoms with E-state index in [0.717, 1.165) is 6.07 Å². The molecule has 5 nitrogen and oxygen atoms in total. The van der Waals surface area contributed by atoms with Crippen molar-refractivity contribution in [2.24, 2.45) is 0 Å². The van der Waals surface area contributed by atoms with Crippen LogP contribution in [0.4, 0.5) is 0 Å². The van der Waals surface area contributed by atoms with Crippen molar-refractivity contribution >= 4 is 17.0 Å². The molecular formula is C9H8Na2O5S. The van der Waals surface area contributed by atoms with Crippen LogP contribution in [-0.4, -0.2) is 21.3 Å². The Kier molecular flexibility index (Phi) is 11.2. The molecule has 0 bridgehead atoms. The zero-order valence-electron chi connectivity index (χ0n) is 9.89. The molecule has 1 unspecified atom stereocenters. The molecule has 0 spiro atoms. The van der Waals surface area contributed by atoms with Crippen LogP contribution >= 0.6 is 0 Å². The van der Waals surface area contributed by atoms with E-state index in [4.69, 9.17) is 4.74 Å². The summed E-state index contributed by atoms with van der Waals surface area (Å²) >= 11 is -2.46. The van der Waals surface area contributed by atoms with Crippen molar-refractivity contribution in [1.29, 1.82) is 0 Å². The second kappa shape index (κ2) is 9.52. The summed E-state index contributed by atoms with van der Waals surface area (Å²) in [5, 5.41) is 10.7. The van der Waals surface area contributed by atoms with E-state index >= 15 is 0 Å². The van der Waals surface area contributed by atoms with Crippen LogP contribution in [0.3, 0.4) is 0 Å². The fourth-order valence-corrected chi connectivity index (χ4v) is 1.45. The summed E-state index contributed by atoms with van der Waals surface area (Å²) in [6.45, 7) is 1.98. The number of benzene rings is 1. The van der Waals surface area contributed by atoms with E-state index in [2.05, 4.69) is 0 Å². The van der Waals surface area contributed by atoms with Crippen molar-refractivity contribution in [3.05, 3.63) is 23.8 Å². The molecule has 0 N–H and O–H groups in total. The van der Waals surface area contributed by atoms with Crippen molar-refractivity contribution in [1.82, 2.24) is 0 Å². The van der Waals surface area contributed by atoms with Gasteiger partial charge in [-0.15, -0.1) is 0 Å². The quantitative estimate of drug-likeness (QED) is 0.402. The van der Waals surface area contributed by atoms with E-state index in [0.29, 0.717) is 6.61 Å². The summed E-state index contributed by atoms with van der Waals surface area (Å²) in [6.07, 6.45) is 0. The van der Waals surface area contributed by atoms with Crippen LogP contribution in [0.1, 0.15) is 17.3 Å². The van der Waals surface area contributed by atoms with Crippen molar-refractivity contribution < 1.29 is 82.5 Å². The molecule has 0 aliphatic rings. The molecule has 0 aromatic heterocycles. The van der Waals surface area contributed by atoms with Gasteiger partial charge < -0.3 is 19.2 Å². The van der Waals surface area contributed by atoms with E-state index in [-0.39, 0.29) is 75.3 Å². The van der Waals surface area contributed by atoms with Crippen LogP contribution in [0.15, 0.2) is 23.1 Å². The van der Waals surface area contributed by atoms with Gasteiger partial charge >= 0.3 is 59.1 Å². The predicted octanol–water partition coefficient (Wildman–Crippen LogP) is -6.31. The number of aromatic carboxylic acids is 1. The third-order valence-corrected chi connectivity index (χ3v) is 2.30. The molecule has 8 heteroatoms. The second-order valence-corrected chi connectivity index (χ2v) is 3.55. The molecule has 1 rings (SSSR count). The van der Waals surface area contributed by atoms with E-state index in [1.807, 2.05) is 0 Å². The summed E-state index contributed by atoms with van der Waals surface area (Å²) < 4.78 is 26.2. The fourth-order valence-electron chi connectivity index (χ4n) is 1.05. The van der Waals surface area contributed by atoms with Crippen LogP contribution in [0.5, 0.6) is 5.75 Å². The molecule has 0 aliphatic carbocycles. The van der Waals surface area contributed by atoms with Gasteiger partial charge in [-0.25, -0.2) is 0 Å². The van der Waals surface area contributed by atoms with Crippen molar-refractivity contribution in [3.8, 4) is 5.75 Å². The molecule has 1 aromatic rings. The summed E-state index contributed by atoms with van der Waals surface area (Å²) in [4.78, 5) is 10.6. The number of carboxylic acids is 1. The largest absolute Gasteiger partial charge is 1.00 e. The van der Waals surface area contributed by atoms with Crippen LogP contribution in [0.2, 0.25) is 0 Å². The number of carbonyl (C=O) groups is 1. The van der Waals surface area contributed by atoms with Gasteiger partial charge in [-0.05, 0) is 36.2 Å². The van der Waals surface area contributed by atoms with Gasteiger partial charge in [0.25, 0.3) is 0 Å². The topological polar surface area (TPSA) is 89.5 Å². The van der Waals surface area contributed by atoms with Crippen molar-refractivity contribution in [2.75, 3.05) is 6.61 Å². The molecule has 17 heavy (non-hydrogen) atoms. The zero-order valence-corrected chi connectivity index (χ0v) is 14.7. The first-order chi connectivity index (χ1) is 7.06. The molecule has 0 fully saturated rings. The normalized spacial score (nSPS) is 10.7. The average molecular weight is 274 g/mol. The summed E-state index contributed by atoms with van der Waals surface area (Å²) in [7, 11) is 0. The number of hydrogen-bond acceptors (Lipinski definition) is 5. The maximum atomic E-state index is 10.7. The fraction of sp³-hybridized carbons (Fsp3) is 0.222. The summed E-state index contributed by atoms with van der Waals surface area (Å²) in [5.41, 5.74) is -0.265. The van der Waals surface area contributed by atoms with Gasteiger partial charge in [0.05, 0.1) is 12.6 Å². The van der Waals surface area contributed by atoms with E-state index in [1.54, 1.807) is 6.92 Å². The molecule has 0 saturated heterocycles. The number of carboxylic acid groups (broad SMARTS) is 1. The molecule has 0 heterocycles. The Morgan fingerprint density at radius 3 is 2.41 bits per heavy atom. The van der Waals surface area contributed by atoms with Gasteiger partial charge in [0.1, 0.15) is 5.75 Å². The third-order valence-electron chi connectivity index (χ3n) is 1.66. The monoisotopic (exact) mass is 274 g/mol. The first-order valence-electron chi connectivity index (χ1n) is 4.13. The zero-order chi connectivity index (χ0) is 11.4. The maximum absolute atomic E-state index is 10.7. The van der Waals surface area contributed by atoms with Crippen LogP contribution in [-0.2, 0) is 11.1 Å². The van der Waals surface area contributed by atoms with Gasteiger partial charge in [0.15, 0.2) is 0 Å². The SMILES string of the molecule is CCOc1ccc(S(=O)[O-])cc1C(=O)[O-].[Na+].[Na+]. The van der Waals surface area contributed by atoms with Gasteiger partial charge in [-0.2, -0.15) is 0 Å². The van der Waals surface area contributed by atoms with E-state index < -0.39 is 17.0 Å². The maximum Gasteiger partial charge on any atom is 1.00 e. The molecule has 0 radical (unpaired) electrons. The molecule has 0 amide bonds. The number of hydrogen-bond donors (Lipinski definition) is 0. The predicted molar refractivity (Wildman–Crippen MR) is 49.1 cm³/mol. The Morgan fingerprint density at radius 2 is 2.00 bits per heavy atom. The number of ether oxygens (including phenoxy) is 1. The first kappa shape index (κ1) is 19.9. The Hall–Kier alpha value is 0.600. The minimum atomic E-state index is -2.46. The number of carbonyl (C=O) groups excluding carboxylic acids is 1. The summed E-state index contributed by atoms with van der Waals surface area (Å²) in [6, 6.07) is 3.56. The van der Waals surface area contributed by atoms with Gasteiger partial charge in [0, 0.05) is 10.5 Å². The molecule has 1 aromatic carbocycles. The van der Waals surface area contributed by atoms with Crippen LogP contribution in [0, 0.1) is 0 Å². The smallest absolute Gasteiger partial charge is 0.768 e. The minimum absolute atomic E-state index is 0. The van der Waals surface area contributed by atoms with Crippen molar-refractivity contribution in [3.63, 3.8) is 0 Å². The first-order valence-corrected chi connectivity index (χ1v) is 5.21. The standard InChI is InChI=1S/C9H10O5S.2Na/c1-2-14-8-4-3-6(15(12)13)5-7(8)9(10)11;;/h3-5H,2H2,1H3,(H,10,11)(H,12,13);;/q;2*+1/p-2. The van der Waals surface area contributed by atoms with E-state index in [9.17, 15) is 18.7 Å². The summed E-state index contributed by atoms with van der Waals surface area (Å²) in [5.74, 6) is -1.36. The second-order valence-electron chi connectivity index (χ2n) is 2.61. The molecular weight excluding hydrogens is 266 g/mol. The Labute approximate surface area is 146 Å². The van der Waals surface area contributed by atoms with Gasteiger partial charge in [0.2, 0.25) is 0 Å². The van der Waals surface area contributed by atoms with Gasteiger partial charge in [-0.1, -0.05) is 0 Å². The Balaban J connectivity index is 0. The average Bonchev–Trinajstić information content (AvgIpc) is 2.18. The number of rotatable bonds is 4. The van der Waals surface area contributed by atoms with E-state index in [1.165, 1.54) is 12.1 Å². The third kappa shape index (κ3) is 5.85. The molecule has 1 atom stereocenters. The van der Waals surface area contributed by atoms with Crippen LogP contribution < -0.4 is 69.0 Å². The van der Waals surface area contributed by atoms with Crippen LogP contribution in [0.25, 0.3) is 0 Å². The Morgan fingerprint density at radius 1 is 1.41 bits per heavy atom.